The van der Waals surface area contributed by atoms with Gasteiger partial charge in [-0.05, 0) is 46.7 Å². The van der Waals surface area contributed by atoms with Crippen molar-refractivity contribution >= 4 is 5.91 Å². The molecule has 166 valence electrons. The highest BCUT2D eigenvalue weighted by Crippen LogP contribution is 2.34. The number of nitrogens with zero attached hydrogens (tertiary/aromatic N) is 1. The molecule has 0 spiro atoms. The minimum Gasteiger partial charge on any atom is -0.374 e. The molecule has 0 radical (unpaired) electrons. The molecule has 3 aromatic rings. The number of hydrogen-bond acceptors (Lipinski definition) is 4. The first-order valence-corrected chi connectivity index (χ1v) is 11.3. The maximum absolute atomic E-state index is 11.9. The highest BCUT2D eigenvalue weighted by atomic mass is 16.6. The highest BCUT2D eigenvalue weighted by molar-refractivity contribution is 5.74. The van der Waals surface area contributed by atoms with Crippen molar-refractivity contribution in [1.82, 2.24) is 10.4 Å². The Morgan fingerprint density at radius 1 is 0.938 bits per heavy atom. The third-order valence-electron chi connectivity index (χ3n) is 5.86. The molecule has 0 saturated carbocycles. The van der Waals surface area contributed by atoms with Crippen molar-refractivity contribution in [3.63, 3.8) is 0 Å². The summed E-state index contributed by atoms with van der Waals surface area (Å²) in [7, 11) is 0. The number of benzene rings is 3. The lowest BCUT2D eigenvalue weighted by atomic mass is 10.0. The van der Waals surface area contributed by atoms with Crippen LogP contribution in [-0.4, -0.2) is 22.5 Å². The molecule has 5 nitrogen and oxygen atoms in total. The number of aliphatic hydroxyl groups excluding tert-OH is 1. The van der Waals surface area contributed by atoms with E-state index in [0.717, 1.165) is 43.5 Å². The van der Waals surface area contributed by atoms with Crippen LogP contribution >= 0.6 is 0 Å². The molecule has 4 rings (SSSR count). The number of aliphatic hydroxyl groups is 1. The summed E-state index contributed by atoms with van der Waals surface area (Å²) in [6, 6.07) is 26.4. The first kappa shape index (κ1) is 22.2. The van der Waals surface area contributed by atoms with Crippen molar-refractivity contribution in [3.8, 4) is 11.1 Å². The molecule has 5 heteroatoms. The number of nitrogens with one attached hydrogen (secondary N) is 1. The number of rotatable bonds is 10. The van der Waals surface area contributed by atoms with Crippen molar-refractivity contribution in [1.29, 1.82) is 0 Å². The van der Waals surface area contributed by atoms with Gasteiger partial charge in [-0.2, -0.15) is 0 Å². The zero-order valence-electron chi connectivity index (χ0n) is 18.2. The Kier molecular flexibility index (Phi) is 7.67. The quantitative estimate of drug-likeness (QED) is 0.352. The highest BCUT2D eigenvalue weighted by Gasteiger charge is 2.28. The third kappa shape index (κ3) is 5.82. The SMILES string of the molecule is O=C(CCCCCN1Cc2cc(-c3ccccc3)ccc2C1O)NOCc1ccccc1. The van der Waals surface area contributed by atoms with E-state index in [1.54, 1.807) is 0 Å². The second-order valence-corrected chi connectivity index (χ2v) is 8.23. The van der Waals surface area contributed by atoms with Gasteiger partial charge in [-0.3, -0.25) is 14.5 Å². The maximum atomic E-state index is 11.9. The molecule has 1 aliphatic rings. The van der Waals surface area contributed by atoms with Gasteiger partial charge in [0.25, 0.3) is 0 Å². The summed E-state index contributed by atoms with van der Waals surface area (Å²) < 4.78 is 0. The van der Waals surface area contributed by atoms with Crippen LogP contribution in [-0.2, 0) is 22.8 Å². The minimum absolute atomic E-state index is 0.0945. The second kappa shape index (κ2) is 11.0. The average molecular weight is 431 g/mol. The summed E-state index contributed by atoms with van der Waals surface area (Å²) in [6.45, 7) is 1.93. The van der Waals surface area contributed by atoms with Crippen molar-refractivity contribution in [2.45, 2.75) is 45.1 Å². The van der Waals surface area contributed by atoms with E-state index in [1.165, 1.54) is 16.7 Å². The van der Waals surface area contributed by atoms with Crippen LogP contribution < -0.4 is 5.48 Å². The van der Waals surface area contributed by atoms with E-state index < -0.39 is 6.23 Å². The van der Waals surface area contributed by atoms with Crippen LogP contribution in [0.3, 0.4) is 0 Å². The molecule has 1 amide bonds. The van der Waals surface area contributed by atoms with E-state index in [1.807, 2.05) is 54.6 Å². The van der Waals surface area contributed by atoms with Crippen LogP contribution in [0, 0.1) is 0 Å². The van der Waals surface area contributed by atoms with Gasteiger partial charge in [0.1, 0.15) is 6.23 Å². The van der Waals surface area contributed by atoms with Crippen molar-refractivity contribution in [2.75, 3.05) is 6.54 Å². The van der Waals surface area contributed by atoms with Crippen LogP contribution in [0.2, 0.25) is 0 Å². The molecule has 1 heterocycles. The summed E-state index contributed by atoms with van der Waals surface area (Å²) in [5, 5.41) is 10.7. The fraction of sp³-hybridized carbons (Fsp3) is 0.296. The van der Waals surface area contributed by atoms with E-state index in [4.69, 9.17) is 4.84 Å². The number of hydroxylamine groups is 1. The van der Waals surface area contributed by atoms with Gasteiger partial charge in [0, 0.05) is 19.5 Å². The second-order valence-electron chi connectivity index (χ2n) is 8.23. The normalized spacial score (nSPS) is 15.5. The van der Waals surface area contributed by atoms with Gasteiger partial charge in [-0.1, -0.05) is 79.2 Å². The summed E-state index contributed by atoms with van der Waals surface area (Å²) in [6.07, 6.45) is 2.56. The van der Waals surface area contributed by atoms with Gasteiger partial charge in [0.05, 0.1) is 6.61 Å². The molecule has 0 bridgehead atoms. The Balaban J connectivity index is 1.15. The first-order chi connectivity index (χ1) is 15.7. The fourth-order valence-corrected chi connectivity index (χ4v) is 4.11. The van der Waals surface area contributed by atoms with Crippen LogP contribution in [0.5, 0.6) is 0 Å². The van der Waals surface area contributed by atoms with E-state index in [0.29, 0.717) is 13.0 Å². The summed E-state index contributed by atoms with van der Waals surface area (Å²) in [4.78, 5) is 19.3. The number of carbonyl (C=O) groups is 1. The number of unbranched alkanes of at least 4 members (excludes halogenated alkanes) is 2. The molecule has 2 N–H and O–H groups in total. The topological polar surface area (TPSA) is 61.8 Å². The van der Waals surface area contributed by atoms with E-state index in [9.17, 15) is 9.90 Å². The predicted octanol–water partition coefficient (Wildman–Crippen LogP) is 4.97. The maximum Gasteiger partial charge on any atom is 0.243 e. The Bertz CT molecular complexity index is 1010. The molecule has 1 atom stereocenters. The van der Waals surface area contributed by atoms with Gasteiger partial charge >= 0.3 is 0 Å². The van der Waals surface area contributed by atoms with Crippen LogP contribution in [0.4, 0.5) is 0 Å². The lowest BCUT2D eigenvalue weighted by Crippen LogP contribution is -2.24. The number of fused-ring (bicyclic) bond motifs is 1. The number of carbonyl (C=O) groups excluding carboxylic acids is 1. The monoisotopic (exact) mass is 430 g/mol. The molecular formula is C27H30N2O3. The summed E-state index contributed by atoms with van der Waals surface area (Å²) in [5.74, 6) is -0.0945. The summed E-state index contributed by atoms with van der Waals surface area (Å²) >= 11 is 0. The Hall–Kier alpha value is -2.99. The molecule has 3 aromatic carbocycles. The van der Waals surface area contributed by atoms with Gasteiger partial charge in [0.2, 0.25) is 5.91 Å². The molecule has 0 fully saturated rings. The number of amides is 1. The van der Waals surface area contributed by atoms with Gasteiger partial charge in [-0.25, -0.2) is 5.48 Å². The first-order valence-electron chi connectivity index (χ1n) is 11.3. The average Bonchev–Trinajstić information content (AvgIpc) is 3.15. The zero-order chi connectivity index (χ0) is 22.2. The standard InChI is InChI=1S/C27H30N2O3/c30-26(28-32-20-21-10-4-1-5-11-21)14-8-3-9-17-29-19-24-18-23(15-16-25(24)27(29)31)22-12-6-2-7-13-22/h1-2,4-7,10-13,15-16,18,27,31H,3,8-9,14,17,19-20H2,(H,28,30). The van der Waals surface area contributed by atoms with Crippen molar-refractivity contribution in [2.24, 2.45) is 0 Å². The predicted molar refractivity (Wildman–Crippen MR) is 125 cm³/mol. The zero-order valence-corrected chi connectivity index (χ0v) is 18.2. The molecule has 32 heavy (non-hydrogen) atoms. The van der Waals surface area contributed by atoms with Gasteiger partial charge < -0.3 is 5.11 Å². The Morgan fingerprint density at radius 2 is 1.69 bits per heavy atom. The minimum atomic E-state index is -0.551. The van der Waals surface area contributed by atoms with Gasteiger partial charge in [-0.15, -0.1) is 0 Å². The molecule has 0 saturated heterocycles. The van der Waals surface area contributed by atoms with E-state index in [2.05, 4.69) is 34.6 Å². The van der Waals surface area contributed by atoms with Gasteiger partial charge in [0.15, 0.2) is 0 Å². The van der Waals surface area contributed by atoms with E-state index >= 15 is 0 Å². The fourth-order valence-electron chi connectivity index (χ4n) is 4.11. The van der Waals surface area contributed by atoms with Crippen LogP contribution in [0.25, 0.3) is 11.1 Å². The molecule has 1 aliphatic heterocycles. The van der Waals surface area contributed by atoms with E-state index in [-0.39, 0.29) is 5.91 Å². The molecule has 1 unspecified atom stereocenters. The van der Waals surface area contributed by atoms with Crippen LogP contribution in [0.1, 0.15) is 48.6 Å². The largest absolute Gasteiger partial charge is 0.374 e. The third-order valence-corrected chi connectivity index (χ3v) is 5.86. The summed E-state index contributed by atoms with van der Waals surface area (Å²) in [5.41, 5.74) is 8.09. The lowest BCUT2D eigenvalue weighted by Gasteiger charge is -2.20. The molecule has 0 aliphatic carbocycles. The Labute approximate surface area is 189 Å². The van der Waals surface area contributed by atoms with Crippen molar-refractivity contribution < 1.29 is 14.7 Å². The molecular weight excluding hydrogens is 400 g/mol. The molecule has 0 aromatic heterocycles. The Morgan fingerprint density at radius 3 is 2.47 bits per heavy atom. The number of hydrogen-bond donors (Lipinski definition) is 2. The lowest BCUT2D eigenvalue weighted by molar-refractivity contribution is -0.134. The van der Waals surface area contributed by atoms with Crippen molar-refractivity contribution in [3.05, 3.63) is 95.6 Å². The van der Waals surface area contributed by atoms with Crippen LogP contribution in [0.15, 0.2) is 78.9 Å². The smallest absolute Gasteiger partial charge is 0.243 e.